The Morgan fingerprint density at radius 2 is 2.75 bits per heavy atom. The van der Waals surface area contributed by atoms with E-state index in [1.165, 1.54) is 0 Å². The van der Waals surface area contributed by atoms with Crippen LogP contribution in [0.25, 0.3) is 0 Å². The van der Waals surface area contributed by atoms with Crippen LogP contribution in [0.1, 0.15) is 0 Å². The lowest BCUT2D eigenvalue weighted by molar-refractivity contribution is -0.110. The van der Waals surface area contributed by atoms with Crippen molar-refractivity contribution in [1.82, 2.24) is 5.32 Å². The highest BCUT2D eigenvalue weighted by Gasteiger charge is 2.10. The van der Waals surface area contributed by atoms with Crippen molar-refractivity contribution in [2.45, 2.75) is 6.29 Å². The maximum absolute atomic E-state index is 5.02. The Bertz CT molecular complexity index is 61.4. The first-order valence-electron chi connectivity index (χ1n) is 2.64. The molecule has 0 aromatic rings. The van der Waals surface area contributed by atoms with Crippen LogP contribution < -0.4 is 5.32 Å². The summed E-state index contributed by atoms with van der Waals surface area (Å²) in [7, 11) is 1.63. The predicted molar refractivity (Wildman–Crippen MR) is 29.1 cm³/mol. The van der Waals surface area contributed by atoms with E-state index < -0.39 is 0 Å². The van der Waals surface area contributed by atoms with Gasteiger partial charge in [0.1, 0.15) is 6.61 Å². The van der Waals surface area contributed by atoms with E-state index >= 15 is 0 Å². The monoisotopic (exact) mass is 116 g/mol. The van der Waals surface area contributed by atoms with E-state index in [1.54, 1.807) is 13.7 Å². The first-order valence-corrected chi connectivity index (χ1v) is 2.64. The van der Waals surface area contributed by atoms with Crippen LogP contribution in [-0.2, 0) is 9.47 Å². The molecule has 1 heterocycles. The Hall–Kier alpha value is -0.120. The minimum absolute atomic E-state index is 0.0799. The lowest BCUT2D eigenvalue weighted by Crippen LogP contribution is -2.36. The van der Waals surface area contributed by atoms with Gasteiger partial charge >= 0.3 is 0 Å². The van der Waals surface area contributed by atoms with Crippen molar-refractivity contribution in [2.75, 3.05) is 20.2 Å². The Balaban J connectivity index is 2.13. The lowest BCUT2D eigenvalue weighted by Gasteiger charge is -2.20. The zero-order chi connectivity index (χ0) is 5.82. The second-order valence-corrected chi connectivity index (χ2v) is 1.63. The first kappa shape index (κ1) is 6.01. The summed E-state index contributed by atoms with van der Waals surface area (Å²) < 4.78 is 9.89. The van der Waals surface area contributed by atoms with Gasteiger partial charge in [0.05, 0.1) is 0 Å². The van der Waals surface area contributed by atoms with E-state index in [1.807, 2.05) is 0 Å². The van der Waals surface area contributed by atoms with Crippen molar-refractivity contribution in [1.29, 1.82) is 0 Å². The predicted octanol–water partition coefficient (Wildman–Crippen LogP) is -0.260. The highest BCUT2D eigenvalue weighted by Crippen LogP contribution is 1.97. The molecule has 0 aromatic carbocycles. The fourth-order valence-electron chi connectivity index (χ4n) is 0.603. The number of methoxy groups -OCH3 is 1. The van der Waals surface area contributed by atoms with Gasteiger partial charge in [0.2, 0.25) is 0 Å². The molecule has 1 fully saturated rings. The van der Waals surface area contributed by atoms with Gasteiger partial charge < -0.3 is 14.8 Å². The maximum Gasteiger partial charge on any atom is 0.170 e. The minimum atomic E-state index is -0.0799. The first-order chi connectivity index (χ1) is 3.93. The summed E-state index contributed by atoms with van der Waals surface area (Å²) in [6.07, 6.45) is -0.0799. The van der Waals surface area contributed by atoms with Gasteiger partial charge in [0.15, 0.2) is 6.29 Å². The molecule has 8 heavy (non-hydrogen) atoms. The molecule has 3 heteroatoms. The average Bonchev–Trinajstić information content (AvgIpc) is 1.90. The molecule has 0 saturated carbocycles. The van der Waals surface area contributed by atoms with E-state index in [2.05, 4.69) is 5.32 Å². The van der Waals surface area contributed by atoms with E-state index in [0.29, 0.717) is 0 Å². The number of ether oxygens (including phenoxy) is 2. The molecule has 47 valence electrons. The van der Waals surface area contributed by atoms with Crippen LogP contribution in [0.3, 0.4) is 0 Å². The number of morpholine rings is 1. The van der Waals surface area contributed by atoms with Crippen LogP contribution in [0.2, 0.25) is 0 Å². The molecule has 1 unspecified atom stereocenters. The largest absolute Gasteiger partial charge is 0.355 e. The third-order valence-electron chi connectivity index (χ3n) is 1.05. The molecule has 1 aliphatic heterocycles. The number of nitrogens with one attached hydrogen (secondary N) is 1. The molecular formula is C5H10NO2. The van der Waals surface area contributed by atoms with Gasteiger partial charge in [-0.15, -0.1) is 0 Å². The quantitative estimate of drug-likeness (QED) is 0.512. The molecule has 1 saturated heterocycles. The second-order valence-electron chi connectivity index (χ2n) is 1.63. The van der Waals surface area contributed by atoms with Crippen LogP contribution in [0.4, 0.5) is 0 Å². The second kappa shape index (κ2) is 3.02. The van der Waals surface area contributed by atoms with Crippen LogP contribution in [0.5, 0.6) is 0 Å². The summed E-state index contributed by atoms with van der Waals surface area (Å²) in [6, 6.07) is 0. The molecular weight excluding hydrogens is 106 g/mol. The molecule has 0 amide bonds. The maximum atomic E-state index is 5.02. The molecule has 1 aliphatic rings. The fraction of sp³-hybridized carbons (Fsp3) is 0.800. The SMILES string of the molecule is COC1CNC[CH]O1. The third-order valence-corrected chi connectivity index (χ3v) is 1.05. The van der Waals surface area contributed by atoms with Crippen molar-refractivity contribution < 1.29 is 9.47 Å². The van der Waals surface area contributed by atoms with E-state index in [4.69, 9.17) is 9.47 Å². The topological polar surface area (TPSA) is 30.5 Å². The molecule has 1 rings (SSSR count). The van der Waals surface area contributed by atoms with E-state index in [9.17, 15) is 0 Å². The third kappa shape index (κ3) is 1.43. The van der Waals surface area contributed by atoms with Crippen LogP contribution in [0, 0.1) is 6.61 Å². The molecule has 0 spiro atoms. The van der Waals surface area contributed by atoms with Crippen LogP contribution in [0.15, 0.2) is 0 Å². The average molecular weight is 116 g/mol. The summed E-state index contributed by atoms with van der Waals surface area (Å²) in [5, 5.41) is 3.08. The van der Waals surface area contributed by atoms with Crippen LogP contribution >= 0.6 is 0 Å². The van der Waals surface area contributed by atoms with Gasteiger partial charge in [-0.2, -0.15) is 0 Å². The van der Waals surface area contributed by atoms with Crippen molar-refractivity contribution >= 4 is 0 Å². The van der Waals surface area contributed by atoms with Gasteiger partial charge in [-0.3, -0.25) is 0 Å². The van der Waals surface area contributed by atoms with Gasteiger partial charge in [-0.05, 0) is 0 Å². The minimum Gasteiger partial charge on any atom is -0.355 e. The van der Waals surface area contributed by atoms with Crippen molar-refractivity contribution in [3.63, 3.8) is 0 Å². The smallest absolute Gasteiger partial charge is 0.170 e. The number of hydrogen-bond donors (Lipinski definition) is 1. The molecule has 0 aromatic heterocycles. The number of rotatable bonds is 1. The molecule has 3 nitrogen and oxygen atoms in total. The normalized spacial score (nSPS) is 30.4. The highest BCUT2D eigenvalue weighted by molar-refractivity contribution is 4.65. The Morgan fingerprint density at radius 1 is 1.88 bits per heavy atom. The fourth-order valence-corrected chi connectivity index (χ4v) is 0.603. The van der Waals surface area contributed by atoms with Gasteiger partial charge in [0.25, 0.3) is 0 Å². The molecule has 1 radical (unpaired) electrons. The lowest BCUT2D eigenvalue weighted by atomic mass is 10.5. The summed E-state index contributed by atoms with van der Waals surface area (Å²) >= 11 is 0. The van der Waals surface area contributed by atoms with Crippen molar-refractivity contribution in [3.05, 3.63) is 6.61 Å². The molecule has 0 bridgehead atoms. The standard InChI is InChI=1S/C5H10NO2/c1-7-5-4-6-2-3-8-5/h3,5-6H,2,4H2,1H3. The van der Waals surface area contributed by atoms with E-state index in [0.717, 1.165) is 13.1 Å². The zero-order valence-corrected chi connectivity index (χ0v) is 4.89. The molecule has 1 N–H and O–H groups in total. The summed E-state index contributed by atoms with van der Waals surface area (Å²) in [5.41, 5.74) is 0. The Morgan fingerprint density at radius 3 is 3.12 bits per heavy atom. The van der Waals surface area contributed by atoms with Crippen molar-refractivity contribution in [3.8, 4) is 0 Å². The highest BCUT2D eigenvalue weighted by atomic mass is 16.7. The Kier molecular flexibility index (Phi) is 2.27. The van der Waals surface area contributed by atoms with Gasteiger partial charge in [0, 0.05) is 20.2 Å². The van der Waals surface area contributed by atoms with Gasteiger partial charge in [-0.1, -0.05) is 0 Å². The van der Waals surface area contributed by atoms with E-state index in [-0.39, 0.29) is 6.29 Å². The zero-order valence-electron chi connectivity index (χ0n) is 4.89. The summed E-state index contributed by atoms with van der Waals surface area (Å²) in [5.74, 6) is 0. The van der Waals surface area contributed by atoms with Crippen molar-refractivity contribution in [2.24, 2.45) is 0 Å². The summed E-state index contributed by atoms with van der Waals surface area (Å²) in [4.78, 5) is 0. The molecule has 1 atom stereocenters. The number of hydrogen-bond acceptors (Lipinski definition) is 3. The van der Waals surface area contributed by atoms with Gasteiger partial charge in [-0.25, -0.2) is 0 Å². The van der Waals surface area contributed by atoms with Crippen LogP contribution in [-0.4, -0.2) is 26.5 Å². The summed E-state index contributed by atoms with van der Waals surface area (Å²) in [6.45, 7) is 3.31. The molecule has 0 aliphatic carbocycles. The Labute approximate surface area is 49.0 Å².